The summed E-state index contributed by atoms with van der Waals surface area (Å²) in [4.78, 5) is 18.9. The van der Waals surface area contributed by atoms with Gasteiger partial charge in [0, 0.05) is 18.6 Å². The van der Waals surface area contributed by atoms with Crippen LogP contribution in [0.3, 0.4) is 0 Å². The number of benzene rings is 1. The number of nitrogens with one attached hydrogen (secondary N) is 2. The molecule has 1 aromatic carbocycles. The molecule has 8 heteroatoms. The van der Waals surface area contributed by atoms with E-state index in [1.54, 1.807) is 13.1 Å². The molecule has 0 atom stereocenters. The van der Waals surface area contributed by atoms with E-state index in [1.165, 1.54) is 0 Å². The molecule has 8 nitrogen and oxygen atoms in total. The average molecular weight is 402 g/mol. The third-order valence-corrected chi connectivity index (χ3v) is 4.24. The number of unbranched alkanes of at least 4 members (excludes halogenated alkanes) is 2. The fraction of sp³-hybridized carbons (Fsp3) is 0.476. The van der Waals surface area contributed by atoms with E-state index < -0.39 is 0 Å². The fourth-order valence-corrected chi connectivity index (χ4v) is 2.76. The number of ether oxygens (including phenoxy) is 2. The molecule has 1 aromatic heterocycles. The Bertz CT molecular complexity index is 864. The molecule has 0 fully saturated rings. The van der Waals surface area contributed by atoms with Gasteiger partial charge in [0.15, 0.2) is 11.5 Å². The monoisotopic (exact) mass is 402 g/mol. The molecule has 29 heavy (non-hydrogen) atoms. The molecule has 3 N–H and O–H groups in total. The summed E-state index contributed by atoms with van der Waals surface area (Å²) < 4.78 is 11.5. The summed E-state index contributed by atoms with van der Waals surface area (Å²) in [6, 6.07) is 5.61. The van der Waals surface area contributed by atoms with E-state index in [9.17, 15) is 4.79 Å². The minimum absolute atomic E-state index is 0.100. The first kappa shape index (κ1) is 22.4. The quantitative estimate of drug-likeness (QED) is 0.286. The van der Waals surface area contributed by atoms with Gasteiger partial charge in [0.25, 0.3) is 5.56 Å². The summed E-state index contributed by atoms with van der Waals surface area (Å²) in [5.74, 6) is 1.63. The number of aromatic nitrogens is 2. The first-order valence-corrected chi connectivity index (χ1v) is 9.98. The largest absolute Gasteiger partial charge is 0.490 e. The summed E-state index contributed by atoms with van der Waals surface area (Å²) >= 11 is 0. The van der Waals surface area contributed by atoms with Gasteiger partial charge in [-0.15, -0.1) is 0 Å². The third kappa shape index (κ3) is 6.90. The number of nitrogens with zero attached hydrogens (tertiary/aromatic N) is 2. The zero-order chi connectivity index (χ0) is 21.1. The van der Waals surface area contributed by atoms with E-state index in [0.29, 0.717) is 36.0 Å². The van der Waals surface area contributed by atoms with Crippen molar-refractivity contribution in [3.8, 4) is 11.5 Å². The van der Waals surface area contributed by atoms with Gasteiger partial charge in [-0.05, 0) is 44.0 Å². The highest BCUT2D eigenvalue weighted by molar-refractivity contribution is 5.81. The van der Waals surface area contributed by atoms with Gasteiger partial charge < -0.3 is 14.6 Å². The second-order valence-corrected chi connectivity index (χ2v) is 6.52. The molecule has 0 aliphatic carbocycles. The number of anilines is 1. The first-order valence-electron chi connectivity index (χ1n) is 9.98. The molecule has 0 saturated carbocycles. The van der Waals surface area contributed by atoms with Crippen molar-refractivity contribution in [3.05, 3.63) is 45.4 Å². The van der Waals surface area contributed by atoms with Crippen LogP contribution in [-0.2, 0) is 6.42 Å². The molecule has 0 bridgehead atoms. The second-order valence-electron chi connectivity index (χ2n) is 6.52. The number of hydrogen-bond donors (Lipinski definition) is 3. The number of hydrogen-bond acceptors (Lipinski definition) is 7. The Morgan fingerprint density at radius 1 is 1.24 bits per heavy atom. The maximum absolute atomic E-state index is 12.0. The zero-order valence-electron chi connectivity index (χ0n) is 17.3. The van der Waals surface area contributed by atoms with Crippen LogP contribution < -0.4 is 20.5 Å². The predicted molar refractivity (Wildman–Crippen MR) is 114 cm³/mol. The lowest BCUT2D eigenvalue weighted by atomic mass is 10.2. The van der Waals surface area contributed by atoms with Crippen molar-refractivity contribution >= 4 is 12.2 Å². The zero-order valence-corrected chi connectivity index (χ0v) is 17.3. The van der Waals surface area contributed by atoms with Gasteiger partial charge in [-0.1, -0.05) is 19.8 Å². The standard InChI is InChI=1S/C21H30N4O4/c1-4-6-7-12-29-18-9-8-16(13-19(18)28-5-2)14-22-25-21-23-15(3)17(10-11-26)20(27)24-21/h8-9,13-14,26H,4-7,10-12H2,1-3H3,(H2,23,24,25,27)/b22-14-. The lowest BCUT2D eigenvalue weighted by Gasteiger charge is -2.12. The van der Waals surface area contributed by atoms with Crippen LogP contribution in [0.25, 0.3) is 0 Å². The molecule has 158 valence electrons. The molecule has 0 spiro atoms. The Morgan fingerprint density at radius 3 is 2.76 bits per heavy atom. The van der Waals surface area contributed by atoms with Crippen LogP contribution in [0.2, 0.25) is 0 Å². The van der Waals surface area contributed by atoms with Crippen LogP contribution in [0.5, 0.6) is 11.5 Å². The van der Waals surface area contributed by atoms with E-state index >= 15 is 0 Å². The molecule has 0 aliphatic rings. The van der Waals surface area contributed by atoms with Crippen LogP contribution >= 0.6 is 0 Å². The highest BCUT2D eigenvalue weighted by Crippen LogP contribution is 2.28. The van der Waals surface area contributed by atoms with E-state index in [0.717, 1.165) is 24.8 Å². The Hall–Kier alpha value is -2.87. The van der Waals surface area contributed by atoms with Crippen molar-refractivity contribution in [1.29, 1.82) is 0 Å². The lowest BCUT2D eigenvalue weighted by molar-refractivity contribution is 0.271. The van der Waals surface area contributed by atoms with Crippen molar-refractivity contribution in [2.75, 3.05) is 25.2 Å². The molecule has 1 heterocycles. The number of H-pyrrole nitrogens is 1. The van der Waals surface area contributed by atoms with E-state index in [-0.39, 0.29) is 24.5 Å². The van der Waals surface area contributed by atoms with Crippen molar-refractivity contribution in [2.24, 2.45) is 5.10 Å². The van der Waals surface area contributed by atoms with Crippen LogP contribution in [0, 0.1) is 6.92 Å². The van der Waals surface area contributed by atoms with Gasteiger partial charge >= 0.3 is 0 Å². The van der Waals surface area contributed by atoms with E-state index in [1.807, 2.05) is 25.1 Å². The number of aliphatic hydroxyl groups excluding tert-OH is 1. The number of aryl methyl sites for hydroxylation is 1. The topological polar surface area (TPSA) is 109 Å². The molecule has 0 aliphatic heterocycles. The van der Waals surface area contributed by atoms with Crippen molar-refractivity contribution in [2.45, 2.75) is 46.5 Å². The van der Waals surface area contributed by atoms with Gasteiger partial charge in [-0.25, -0.2) is 10.4 Å². The van der Waals surface area contributed by atoms with Crippen LogP contribution in [0.4, 0.5) is 5.95 Å². The molecule has 0 radical (unpaired) electrons. The lowest BCUT2D eigenvalue weighted by Crippen LogP contribution is -2.19. The number of aromatic amines is 1. The van der Waals surface area contributed by atoms with Crippen LogP contribution in [0.1, 0.15) is 49.9 Å². The summed E-state index contributed by atoms with van der Waals surface area (Å²) in [6.45, 7) is 6.90. The normalized spacial score (nSPS) is 11.0. The van der Waals surface area contributed by atoms with Crippen LogP contribution in [0.15, 0.2) is 28.1 Å². The second kappa shape index (κ2) is 11.9. The Morgan fingerprint density at radius 2 is 2.07 bits per heavy atom. The maximum atomic E-state index is 12.0. The number of hydrazone groups is 1. The summed E-state index contributed by atoms with van der Waals surface area (Å²) in [5, 5.41) is 13.2. The molecular weight excluding hydrogens is 372 g/mol. The SMILES string of the molecule is CCCCCOc1ccc(/C=N\Nc2nc(C)c(CCO)c(=O)[nH]2)cc1OCC. The summed E-state index contributed by atoms with van der Waals surface area (Å²) in [5.41, 5.74) is 4.29. The molecule has 2 aromatic rings. The fourth-order valence-electron chi connectivity index (χ4n) is 2.76. The highest BCUT2D eigenvalue weighted by atomic mass is 16.5. The van der Waals surface area contributed by atoms with Gasteiger partial charge in [-0.2, -0.15) is 5.10 Å². The molecule has 2 rings (SSSR count). The van der Waals surface area contributed by atoms with Gasteiger partial charge in [0.1, 0.15) is 0 Å². The van der Waals surface area contributed by atoms with E-state index in [2.05, 4.69) is 27.4 Å². The van der Waals surface area contributed by atoms with Crippen molar-refractivity contribution < 1.29 is 14.6 Å². The van der Waals surface area contributed by atoms with Gasteiger partial charge in [0.2, 0.25) is 5.95 Å². The minimum Gasteiger partial charge on any atom is -0.490 e. The highest BCUT2D eigenvalue weighted by Gasteiger charge is 2.08. The maximum Gasteiger partial charge on any atom is 0.255 e. The molecule has 0 saturated heterocycles. The Balaban J connectivity index is 2.06. The predicted octanol–water partition coefficient (Wildman–Crippen LogP) is 3.03. The Labute approximate surface area is 171 Å². The third-order valence-electron chi connectivity index (χ3n) is 4.24. The van der Waals surface area contributed by atoms with Gasteiger partial charge in [-0.3, -0.25) is 9.78 Å². The Kier molecular flexibility index (Phi) is 9.17. The summed E-state index contributed by atoms with van der Waals surface area (Å²) in [7, 11) is 0. The average Bonchev–Trinajstić information content (AvgIpc) is 2.69. The molecular formula is C21H30N4O4. The minimum atomic E-state index is -0.285. The smallest absolute Gasteiger partial charge is 0.255 e. The number of rotatable bonds is 12. The van der Waals surface area contributed by atoms with Gasteiger partial charge in [0.05, 0.1) is 25.1 Å². The van der Waals surface area contributed by atoms with Crippen LogP contribution in [-0.4, -0.2) is 41.1 Å². The number of aliphatic hydroxyl groups is 1. The van der Waals surface area contributed by atoms with E-state index in [4.69, 9.17) is 14.6 Å². The van der Waals surface area contributed by atoms with Crippen molar-refractivity contribution in [1.82, 2.24) is 9.97 Å². The molecule has 0 amide bonds. The van der Waals surface area contributed by atoms with Crippen molar-refractivity contribution in [3.63, 3.8) is 0 Å². The summed E-state index contributed by atoms with van der Waals surface area (Å²) in [6.07, 6.45) is 5.17. The molecule has 0 unspecified atom stereocenters. The first-order chi connectivity index (χ1) is 14.1.